The maximum absolute atomic E-state index is 14.1. The van der Waals surface area contributed by atoms with Crippen molar-refractivity contribution in [1.82, 2.24) is 0 Å². The maximum Gasteiger partial charge on any atom is 0.190 e. The second-order valence-electron chi connectivity index (χ2n) is 8.22. The van der Waals surface area contributed by atoms with Crippen molar-refractivity contribution < 1.29 is 13.5 Å². The lowest BCUT2D eigenvalue weighted by molar-refractivity contribution is 0.360. The molecular formula is C29H28F2O. The zero-order valence-electron chi connectivity index (χ0n) is 18.6. The van der Waals surface area contributed by atoms with E-state index in [1.165, 1.54) is 61.3 Å². The lowest BCUT2D eigenvalue weighted by Crippen LogP contribution is -1.93. The summed E-state index contributed by atoms with van der Waals surface area (Å²) in [5.41, 5.74) is 4.84. The average Bonchev–Trinajstić information content (AvgIpc) is 2.81. The Balaban J connectivity index is 1.61. The first kappa shape index (κ1) is 22.0. The van der Waals surface area contributed by atoms with E-state index < -0.39 is 11.6 Å². The van der Waals surface area contributed by atoms with Gasteiger partial charge in [-0.3, -0.25) is 0 Å². The number of ether oxygens (including phenoxy) is 1. The van der Waals surface area contributed by atoms with E-state index in [2.05, 4.69) is 43.3 Å². The highest BCUT2D eigenvalue weighted by molar-refractivity contribution is 5.97. The van der Waals surface area contributed by atoms with Gasteiger partial charge < -0.3 is 4.74 Å². The second-order valence-corrected chi connectivity index (χ2v) is 8.22. The molecule has 1 nitrogen and oxygen atoms in total. The first-order valence-corrected chi connectivity index (χ1v) is 11.3. The molecule has 0 saturated heterocycles. The van der Waals surface area contributed by atoms with Crippen molar-refractivity contribution in [3.05, 3.63) is 90.0 Å². The van der Waals surface area contributed by atoms with Crippen LogP contribution in [0.2, 0.25) is 0 Å². The molecule has 0 aliphatic heterocycles. The van der Waals surface area contributed by atoms with Crippen molar-refractivity contribution in [1.29, 1.82) is 0 Å². The molecule has 3 heteroatoms. The molecule has 0 amide bonds. The number of halogens is 2. The van der Waals surface area contributed by atoms with E-state index in [1.807, 2.05) is 24.3 Å². The summed E-state index contributed by atoms with van der Waals surface area (Å²) in [5.74, 6) is -1.76. The SMILES string of the molecule is CCCCCCc1ccc2c(-c3ccc(-c4cc(F)c(OC)c(F)c4)cc3)cccc2c1. The number of methoxy groups -OCH3 is 1. The molecule has 32 heavy (non-hydrogen) atoms. The molecule has 0 aliphatic rings. The number of unbranched alkanes of at least 4 members (excludes halogenated alkanes) is 3. The van der Waals surface area contributed by atoms with Crippen LogP contribution in [0.4, 0.5) is 8.78 Å². The summed E-state index contributed by atoms with van der Waals surface area (Å²) in [6.45, 7) is 2.23. The molecule has 4 rings (SSSR count). The summed E-state index contributed by atoms with van der Waals surface area (Å²) in [5, 5.41) is 2.44. The highest BCUT2D eigenvalue weighted by atomic mass is 19.1. The van der Waals surface area contributed by atoms with Crippen LogP contribution in [-0.4, -0.2) is 7.11 Å². The Morgan fingerprint density at radius 3 is 2.12 bits per heavy atom. The van der Waals surface area contributed by atoms with Crippen molar-refractivity contribution in [2.24, 2.45) is 0 Å². The molecule has 4 aromatic carbocycles. The Hall–Kier alpha value is -3.20. The quantitative estimate of drug-likeness (QED) is 0.254. The summed E-state index contributed by atoms with van der Waals surface area (Å²) in [6.07, 6.45) is 6.17. The predicted molar refractivity (Wildman–Crippen MR) is 129 cm³/mol. The number of fused-ring (bicyclic) bond motifs is 1. The number of benzene rings is 4. The highest BCUT2D eigenvalue weighted by Gasteiger charge is 2.13. The fourth-order valence-corrected chi connectivity index (χ4v) is 4.26. The first-order valence-electron chi connectivity index (χ1n) is 11.3. The van der Waals surface area contributed by atoms with Crippen molar-refractivity contribution in [3.63, 3.8) is 0 Å². The summed E-state index contributed by atoms with van der Waals surface area (Å²) in [6, 6.07) is 23.5. The molecule has 0 aliphatic carbocycles. The molecule has 0 spiro atoms. The van der Waals surface area contributed by atoms with Crippen LogP contribution in [0.25, 0.3) is 33.0 Å². The number of rotatable bonds is 8. The largest absolute Gasteiger partial charge is 0.491 e. The van der Waals surface area contributed by atoms with Crippen LogP contribution in [-0.2, 0) is 6.42 Å². The predicted octanol–water partition coefficient (Wildman–Crippen LogP) is 8.58. The van der Waals surface area contributed by atoms with Gasteiger partial charge in [0.05, 0.1) is 7.11 Å². The molecule has 0 bridgehead atoms. The molecule has 0 fully saturated rings. The minimum atomic E-state index is -0.703. The smallest absolute Gasteiger partial charge is 0.190 e. The van der Waals surface area contributed by atoms with Gasteiger partial charge >= 0.3 is 0 Å². The van der Waals surface area contributed by atoms with Crippen LogP contribution in [0.3, 0.4) is 0 Å². The topological polar surface area (TPSA) is 9.23 Å². The Morgan fingerprint density at radius 1 is 0.719 bits per heavy atom. The Bertz CT molecular complexity index is 1190. The molecule has 0 radical (unpaired) electrons. The van der Waals surface area contributed by atoms with Crippen LogP contribution in [0.15, 0.2) is 72.8 Å². The third kappa shape index (κ3) is 4.67. The molecule has 164 valence electrons. The summed E-state index contributed by atoms with van der Waals surface area (Å²) >= 11 is 0. The molecular weight excluding hydrogens is 402 g/mol. The zero-order chi connectivity index (χ0) is 22.5. The van der Waals surface area contributed by atoms with E-state index in [1.54, 1.807) is 0 Å². The van der Waals surface area contributed by atoms with Gasteiger partial charge in [0.15, 0.2) is 17.4 Å². The standard InChI is InChI=1S/C29H28F2O/c1-3-4-5-6-8-20-11-16-26-23(17-20)9-7-10-25(26)22-14-12-21(13-15-22)24-18-27(30)29(32-2)28(31)19-24/h7,9-19H,3-6,8H2,1-2H3. The molecule has 0 atom stereocenters. The number of aryl methyl sites for hydroxylation is 1. The van der Waals surface area contributed by atoms with Crippen LogP contribution < -0.4 is 4.74 Å². The van der Waals surface area contributed by atoms with Crippen molar-refractivity contribution in [2.75, 3.05) is 7.11 Å². The van der Waals surface area contributed by atoms with Gasteiger partial charge in [0.1, 0.15) is 0 Å². The van der Waals surface area contributed by atoms with Gasteiger partial charge in [-0.05, 0) is 63.6 Å². The monoisotopic (exact) mass is 430 g/mol. The van der Waals surface area contributed by atoms with Crippen molar-refractivity contribution in [2.45, 2.75) is 39.0 Å². The normalized spacial score (nSPS) is 11.1. The summed E-state index contributed by atoms with van der Waals surface area (Å²) in [4.78, 5) is 0. The van der Waals surface area contributed by atoms with Crippen LogP contribution in [0.1, 0.15) is 38.2 Å². The fourth-order valence-electron chi connectivity index (χ4n) is 4.26. The number of hydrogen-bond acceptors (Lipinski definition) is 1. The van der Waals surface area contributed by atoms with Gasteiger partial charge in [0.25, 0.3) is 0 Å². The Kier molecular flexibility index (Phi) is 6.84. The lowest BCUT2D eigenvalue weighted by atomic mass is 9.94. The van der Waals surface area contributed by atoms with Gasteiger partial charge in [-0.15, -0.1) is 0 Å². The minimum absolute atomic E-state index is 0.356. The van der Waals surface area contributed by atoms with Crippen molar-refractivity contribution in [3.8, 4) is 28.0 Å². The van der Waals surface area contributed by atoms with E-state index in [-0.39, 0.29) is 5.75 Å². The van der Waals surface area contributed by atoms with Gasteiger partial charge in [-0.25, -0.2) is 8.78 Å². The van der Waals surface area contributed by atoms with Gasteiger partial charge in [0.2, 0.25) is 0 Å². The average molecular weight is 431 g/mol. The summed E-state index contributed by atoms with van der Waals surface area (Å²) in [7, 11) is 1.26. The molecule has 4 aromatic rings. The molecule has 0 aromatic heterocycles. The van der Waals surface area contributed by atoms with E-state index in [0.717, 1.165) is 23.1 Å². The van der Waals surface area contributed by atoms with Crippen LogP contribution in [0.5, 0.6) is 5.75 Å². The maximum atomic E-state index is 14.1. The second kappa shape index (κ2) is 9.95. The van der Waals surface area contributed by atoms with Gasteiger partial charge in [-0.1, -0.05) is 86.8 Å². The molecule has 0 unspecified atom stereocenters. The Labute approximate surface area is 188 Å². The lowest BCUT2D eigenvalue weighted by Gasteiger charge is -2.11. The van der Waals surface area contributed by atoms with Crippen LogP contribution >= 0.6 is 0 Å². The van der Waals surface area contributed by atoms with Crippen LogP contribution in [0, 0.1) is 11.6 Å². The fraction of sp³-hybridized carbons (Fsp3) is 0.241. The first-order chi connectivity index (χ1) is 15.6. The van der Waals surface area contributed by atoms with E-state index in [0.29, 0.717) is 5.56 Å². The third-order valence-corrected chi connectivity index (χ3v) is 6.00. The number of hydrogen-bond donors (Lipinski definition) is 0. The summed E-state index contributed by atoms with van der Waals surface area (Å²) < 4.78 is 33.0. The van der Waals surface area contributed by atoms with Crippen molar-refractivity contribution >= 4 is 10.8 Å². The van der Waals surface area contributed by atoms with Gasteiger partial charge in [-0.2, -0.15) is 0 Å². The zero-order valence-corrected chi connectivity index (χ0v) is 18.6. The van der Waals surface area contributed by atoms with Gasteiger partial charge in [0, 0.05) is 0 Å². The highest BCUT2D eigenvalue weighted by Crippen LogP contribution is 2.33. The molecule has 0 heterocycles. The molecule has 0 saturated carbocycles. The van der Waals surface area contributed by atoms with E-state index in [9.17, 15) is 8.78 Å². The van der Waals surface area contributed by atoms with E-state index >= 15 is 0 Å². The Morgan fingerprint density at radius 2 is 1.44 bits per heavy atom. The third-order valence-electron chi connectivity index (χ3n) is 6.00. The van der Waals surface area contributed by atoms with E-state index in [4.69, 9.17) is 4.74 Å². The minimum Gasteiger partial charge on any atom is -0.491 e. The molecule has 0 N–H and O–H groups in total.